The molecule has 5 heteroatoms. The third-order valence-corrected chi connectivity index (χ3v) is 5.55. The minimum atomic E-state index is -0.504. The Labute approximate surface area is 167 Å². The lowest BCUT2D eigenvalue weighted by Gasteiger charge is -2.28. The number of carbonyl (C=O) groups excluding carboxylic acids is 1. The number of oxazole rings is 1. The first-order chi connectivity index (χ1) is 14.2. The number of hydrogen-bond acceptors (Lipinski definition) is 3. The van der Waals surface area contributed by atoms with Crippen molar-refractivity contribution >= 4 is 17.0 Å². The fraction of sp³-hybridized carbons (Fsp3) is 0.167. The maximum Gasteiger partial charge on any atom is 0.420 e. The summed E-state index contributed by atoms with van der Waals surface area (Å²) in [4.78, 5) is 27.2. The molecule has 0 atom stereocenters. The summed E-state index contributed by atoms with van der Waals surface area (Å²) >= 11 is 0. The third kappa shape index (κ3) is 3.25. The second-order valence-electron chi connectivity index (χ2n) is 7.34. The van der Waals surface area contributed by atoms with Crippen LogP contribution in [0.25, 0.3) is 22.2 Å². The largest absolute Gasteiger partial charge is 0.420 e. The van der Waals surface area contributed by atoms with E-state index in [1.807, 2.05) is 59.5 Å². The van der Waals surface area contributed by atoms with Gasteiger partial charge in [0.2, 0.25) is 5.91 Å². The van der Waals surface area contributed by atoms with Crippen LogP contribution in [0.4, 0.5) is 0 Å². The summed E-state index contributed by atoms with van der Waals surface area (Å²) in [6.45, 7) is 1.22. The smallest absolute Gasteiger partial charge is 0.408 e. The molecule has 0 radical (unpaired) electrons. The number of benzene rings is 3. The van der Waals surface area contributed by atoms with E-state index in [1.54, 1.807) is 6.07 Å². The third-order valence-electron chi connectivity index (χ3n) is 5.55. The van der Waals surface area contributed by atoms with Crippen molar-refractivity contribution in [3.05, 3.63) is 94.5 Å². The Balaban J connectivity index is 1.45. The van der Waals surface area contributed by atoms with E-state index >= 15 is 0 Å². The van der Waals surface area contributed by atoms with Gasteiger partial charge in [0, 0.05) is 13.1 Å². The van der Waals surface area contributed by atoms with E-state index in [4.69, 9.17) is 4.42 Å². The first-order valence-corrected chi connectivity index (χ1v) is 9.72. The van der Waals surface area contributed by atoms with E-state index in [0.29, 0.717) is 24.2 Å². The molecule has 29 heavy (non-hydrogen) atoms. The van der Waals surface area contributed by atoms with Gasteiger partial charge in [-0.1, -0.05) is 60.7 Å². The summed E-state index contributed by atoms with van der Waals surface area (Å²) in [5, 5.41) is 0. The van der Waals surface area contributed by atoms with Gasteiger partial charge in [-0.25, -0.2) is 4.79 Å². The number of fused-ring (bicyclic) bond motifs is 2. The van der Waals surface area contributed by atoms with Gasteiger partial charge in [-0.05, 0) is 40.8 Å². The highest BCUT2D eigenvalue weighted by molar-refractivity contribution is 5.83. The summed E-state index contributed by atoms with van der Waals surface area (Å²) in [6.07, 6.45) is 0.834. The van der Waals surface area contributed by atoms with Crippen molar-refractivity contribution in [1.29, 1.82) is 0 Å². The number of rotatable bonds is 3. The van der Waals surface area contributed by atoms with Crippen molar-refractivity contribution < 1.29 is 9.21 Å². The molecule has 0 saturated heterocycles. The number of nitrogens with zero attached hydrogens (tertiary/aromatic N) is 2. The van der Waals surface area contributed by atoms with E-state index in [-0.39, 0.29) is 12.5 Å². The van der Waals surface area contributed by atoms with Gasteiger partial charge in [-0.15, -0.1) is 0 Å². The first kappa shape index (κ1) is 17.5. The van der Waals surface area contributed by atoms with Gasteiger partial charge in [-0.3, -0.25) is 9.36 Å². The lowest BCUT2D eigenvalue weighted by atomic mass is 10.00. The number of hydrogen-bond donors (Lipinski definition) is 0. The molecule has 1 amide bonds. The summed E-state index contributed by atoms with van der Waals surface area (Å²) < 4.78 is 6.81. The van der Waals surface area contributed by atoms with Crippen LogP contribution in [0.15, 0.2) is 82.0 Å². The van der Waals surface area contributed by atoms with E-state index < -0.39 is 5.76 Å². The molecule has 0 unspecified atom stereocenters. The van der Waals surface area contributed by atoms with Gasteiger partial charge in [0.25, 0.3) is 0 Å². The van der Waals surface area contributed by atoms with Crippen LogP contribution in [0.5, 0.6) is 0 Å². The van der Waals surface area contributed by atoms with Crippen LogP contribution in [0.1, 0.15) is 11.1 Å². The standard InChI is InChI=1S/C24H20N2O3/c27-23(25-13-12-18-8-4-5-9-20(18)15-25)16-26-21-14-19(17-6-2-1-3-7-17)10-11-22(21)29-24(26)28/h1-11,14H,12-13,15-16H2. The summed E-state index contributed by atoms with van der Waals surface area (Å²) in [7, 11) is 0. The molecule has 5 rings (SSSR count). The molecule has 1 aliphatic rings. The predicted octanol–water partition coefficient (Wildman–Crippen LogP) is 3.85. The Morgan fingerprint density at radius 1 is 0.897 bits per heavy atom. The fourth-order valence-corrected chi connectivity index (χ4v) is 3.97. The van der Waals surface area contributed by atoms with Gasteiger partial charge >= 0.3 is 5.76 Å². The second-order valence-corrected chi connectivity index (χ2v) is 7.34. The Hall–Kier alpha value is -3.60. The van der Waals surface area contributed by atoms with Crippen LogP contribution < -0.4 is 5.76 Å². The van der Waals surface area contributed by atoms with Crippen LogP contribution in [-0.4, -0.2) is 21.9 Å². The Morgan fingerprint density at radius 3 is 2.48 bits per heavy atom. The van der Waals surface area contributed by atoms with Crippen molar-refractivity contribution in [3.8, 4) is 11.1 Å². The highest BCUT2D eigenvalue weighted by Crippen LogP contribution is 2.24. The van der Waals surface area contributed by atoms with Crippen LogP contribution >= 0.6 is 0 Å². The zero-order chi connectivity index (χ0) is 19.8. The molecule has 0 spiro atoms. The summed E-state index contributed by atoms with van der Waals surface area (Å²) in [5.74, 6) is -0.578. The zero-order valence-corrected chi connectivity index (χ0v) is 15.9. The molecule has 1 aliphatic heterocycles. The molecule has 5 nitrogen and oxygen atoms in total. The van der Waals surface area contributed by atoms with E-state index in [9.17, 15) is 9.59 Å². The molecule has 3 aromatic carbocycles. The Morgan fingerprint density at radius 2 is 1.66 bits per heavy atom. The molecule has 0 aliphatic carbocycles. The van der Waals surface area contributed by atoms with E-state index in [2.05, 4.69) is 12.1 Å². The molecule has 1 aromatic heterocycles. The lowest BCUT2D eigenvalue weighted by molar-refractivity contribution is -0.132. The highest BCUT2D eigenvalue weighted by atomic mass is 16.4. The predicted molar refractivity (Wildman–Crippen MR) is 111 cm³/mol. The normalized spacial score (nSPS) is 13.4. The van der Waals surface area contributed by atoms with Crippen LogP contribution in [0.2, 0.25) is 0 Å². The number of amides is 1. The fourth-order valence-electron chi connectivity index (χ4n) is 3.97. The zero-order valence-electron chi connectivity index (χ0n) is 15.9. The topological polar surface area (TPSA) is 55.5 Å². The molecular weight excluding hydrogens is 364 g/mol. The van der Waals surface area contributed by atoms with Gasteiger partial charge in [0.1, 0.15) is 6.54 Å². The maximum atomic E-state index is 13.0. The Kier molecular flexibility index (Phi) is 4.28. The molecule has 0 bridgehead atoms. The van der Waals surface area contributed by atoms with Gasteiger partial charge in [-0.2, -0.15) is 0 Å². The van der Waals surface area contributed by atoms with Gasteiger partial charge in [0.05, 0.1) is 5.52 Å². The SMILES string of the molecule is O=C(Cn1c(=O)oc2ccc(-c3ccccc3)cc21)N1CCc2ccccc2C1. The van der Waals surface area contributed by atoms with E-state index in [1.165, 1.54) is 15.7 Å². The first-order valence-electron chi connectivity index (χ1n) is 9.72. The van der Waals surface area contributed by atoms with Crippen molar-refractivity contribution in [2.75, 3.05) is 6.54 Å². The maximum absolute atomic E-state index is 13.0. The number of aromatic nitrogens is 1. The summed E-state index contributed by atoms with van der Waals surface area (Å²) in [5.41, 5.74) is 5.62. The van der Waals surface area contributed by atoms with Crippen molar-refractivity contribution in [1.82, 2.24) is 9.47 Å². The van der Waals surface area contributed by atoms with Gasteiger partial charge < -0.3 is 9.32 Å². The average molecular weight is 384 g/mol. The highest BCUT2D eigenvalue weighted by Gasteiger charge is 2.22. The van der Waals surface area contributed by atoms with Crippen LogP contribution in [-0.2, 0) is 24.3 Å². The second kappa shape index (κ2) is 7.09. The monoisotopic (exact) mass is 384 g/mol. The van der Waals surface area contributed by atoms with Crippen LogP contribution in [0, 0.1) is 0 Å². The molecule has 4 aromatic rings. The van der Waals surface area contributed by atoms with Crippen LogP contribution in [0.3, 0.4) is 0 Å². The molecular formula is C24H20N2O3. The molecule has 2 heterocycles. The quantitative estimate of drug-likeness (QED) is 0.539. The lowest BCUT2D eigenvalue weighted by Crippen LogP contribution is -2.39. The minimum absolute atomic E-state index is 0.0216. The average Bonchev–Trinajstić information content (AvgIpc) is 3.08. The van der Waals surface area contributed by atoms with Crippen molar-refractivity contribution in [2.24, 2.45) is 0 Å². The van der Waals surface area contributed by atoms with Crippen molar-refractivity contribution in [3.63, 3.8) is 0 Å². The molecule has 0 saturated carbocycles. The summed E-state index contributed by atoms with van der Waals surface area (Å²) in [6, 6.07) is 23.7. The minimum Gasteiger partial charge on any atom is -0.408 e. The molecule has 0 fully saturated rings. The van der Waals surface area contributed by atoms with Crippen molar-refractivity contribution in [2.45, 2.75) is 19.5 Å². The van der Waals surface area contributed by atoms with E-state index in [0.717, 1.165) is 17.5 Å². The number of carbonyl (C=O) groups is 1. The van der Waals surface area contributed by atoms with Gasteiger partial charge in [0.15, 0.2) is 5.58 Å². The molecule has 144 valence electrons. The molecule has 0 N–H and O–H groups in total. The Bertz CT molecular complexity index is 1250.